The Morgan fingerprint density at radius 2 is 2.07 bits per heavy atom. The number of nitrogens with zero attached hydrogens (tertiary/aromatic N) is 1. The summed E-state index contributed by atoms with van der Waals surface area (Å²) in [7, 11) is 1.51. The van der Waals surface area contributed by atoms with E-state index in [4.69, 9.17) is 5.73 Å². The number of hydrogen-bond acceptors (Lipinski definition) is 2. The van der Waals surface area contributed by atoms with Crippen LogP contribution in [0, 0.1) is 5.92 Å². The maximum absolute atomic E-state index is 12.4. The minimum atomic E-state index is -4.44. The van der Waals surface area contributed by atoms with E-state index < -0.39 is 11.9 Å². The highest BCUT2D eigenvalue weighted by Gasteiger charge is 2.36. The molecule has 0 spiro atoms. The highest BCUT2D eigenvalue weighted by molar-refractivity contribution is 6.02. The van der Waals surface area contributed by atoms with Gasteiger partial charge in [-0.15, -0.1) is 0 Å². The van der Waals surface area contributed by atoms with Gasteiger partial charge in [0.25, 0.3) is 0 Å². The first kappa shape index (κ1) is 12.1. The molecule has 0 radical (unpaired) electrons. The zero-order chi connectivity index (χ0) is 11.6. The zero-order valence-corrected chi connectivity index (χ0v) is 8.86. The first-order valence-electron chi connectivity index (χ1n) is 4.90. The van der Waals surface area contributed by atoms with Crippen molar-refractivity contribution < 1.29 is 13.2 Å². The Bertz CT molecular complexity index is 302. The van der Waals surface area contributed by atoms with Crippen LogP contribution in [-0.2, 0) is 0 Å². The molecule has 1 saturated carbocycles. The molecule has 0 bridgehead atoms. The summed E-state index contributed by atoms with van der Waals surface area (Å²) in [6.07, 6.45) is -2.45. The van der Waals surface area contributed by atoms with E-state index in [0.29, 0.717) is 12.1 Å². The quantitative estimate of drug-likeness (QED) is 0.669. The van der Waals surface area contributed by atoms with Crippen molar-refractivity contribution in [1.82, 2.24) is 0 Å². The fourth-order valence-electron chi connectivity index (χ4n) is 1.95. The van der Waals surface area contributed by atoms with Crippen LogP contribution in [0.1, 0.15) is 26.2 Å². The fourth-order valence-corrected chi connectivity index (χ4v) is 1.95. The van der Waals surface area contributed by atoms with Gasteiger partial charge in [-0.05, 0) is 25.2 Å². The van der Waals surface area contributed by atoms with Crippen LogP contribution >= 0.6 is 0 Å². The number of halogens is 3. The highest BCUT2D eigenvalue weighted by atomic mass is 19.4. The third-order valence-corrected chi connectivity index (χ3v) is 2.71. The molecule has 0 aliphatic heterocycles. The van der Waals surface area contributed by atoms with E-state index >= 15 is 0 Å². The number of alkyl halides is 3. The molecule has 0 aromatic heterocycles. The van der Waals surface area contributed by atoms with Gasteiger partial charge in [0.15, 0.2) is 0 Å². The van der Waals surface area contributed by atoms with Gasteiger partial charge in [0, 0.05) is 18.3 Å². The molecule has 0 aromatic carbocycles. The third-order valence-electron chi connectivity index (χ3n) is 2.71. The average Bonchev–Trinajstić information content (AvgIpc) is 2.14. The van der Waals surface area contributed by atoms with Crippen LogP contribution in [0.4, 0.5) is 13.2 Å². The standard InChI is InChI=1S/C10H15F3N2/c1-6-4-3-5-7(8(6)15-2)9(14)10(11,12)13/h6H,3-5,14H2,1-2H3. The van der Waals surface area contributed by atoms with E-state index in [2.05, 4.69) is 4.99 Å². The van der Waals surface area contributed by atoms with Crippen molar-refractivity contribution in [2.24, 2.45) is 16.6 Å². The van der Waals surface area contributed by atoms with Crippen molar-refractivity contribution in [3.05, 3.63) is 11.3 Å². The molecule has 1 aliphatic rings. The zero-order valence-electron chi connectivity index (χ0n) is 8.86. The highest BCUT2D eigenvalue weighted by Crippen LogP contribution is 2.32. The Balaban J connectivity index is 3.12. The van der Waals surface area contributed by atoms with Crippen molar-refractivity contribution in [3.63, 3.8) is 0 Å². The molecule has 1 fully saturated rings. The minimum absolute atomic E-state index is 0.0691. The van der Waals surface area contributed by atoms with Gasteiger partial charge in [0.2, 0.25) is 0 Å². The van der Waals surface area contributed by atoms with Gasteiger partial charge in [0.05, 0.1) is 0 Å². The van der Waals surface area contributed by atoms with Gasteiger partial charge in [-0.2, -0.15) is 13.2 Å². The van der Waals surface area contributed by atoms with Gasteiger partial charge in [-0.25, -0.2) is 0 Å². The van der Waals surface area contributed by atoms with Crippen molar-refractivity contribution in [3.8, 4) is 0 Å². The smallest absolute Gasteiger partial charge is 0.394 e. The largest absolute Gasteiger partial charge is 0.431 e. The monoisotopic (exact) mass is 220 g/mol. The fraction of sp³-hybridized carbons (Fsp3) is 0.700. The number of aliphatic imine (C=N–C) groups is 1. The topological polar surface area (TPSA) is 38.4 Å². The Hall–Kier alpha value is -1.00. The lowest BCUT2D eigenvalue weighted by Gasteiger charge is -2.25. The summed E-state index contributed by atoms with van der Waals surface area (Å²) in [5.74, 6) is 0.0691. The summed E-state index contributed by atoms with van der Waals surface area (Å²) in [6.45, 7) is 1.88. The van der Waals surface area contributed by atoms with E-state index in [1.54, 1.807) is 0 Å². The van der Waals surface area contributed by atoms with Crippen LogP contribution in [0.25, 0.3) is 0 Å². The van der Waals surface area contributed by atoms with Crippen molar-refractivity contribution in [2.75, 3.05) is 7.05 Å². The molecule has 2 N–H and O–H groups in total. The first-order chi connectivity index (χ1) is 6.88. The summed E-state index contributed by atoms with van der Waals surface area (Å²) in [4.78, 5) is 3.92. The molecule has 1 aliphatic carbocycles. The number of nitrogens with two attached hydrogens (primary N) is 1. The average molecular weight is 220 g/mol. The Morgan fingerprint density at radius 3 is 2.53 bits per heavy atom. The van der Waals surface area contributed by atoms with Crippen LogP contribution in [-0.4, -0.2) is 18.9 Å². The Morgan fingerprint density at radius 1 is 1.47 bits per heavy atom. The maximum Gasteiger partial charge on any atom is 0.431 e. The first-order valence-corrected chi connectivity index (χ1v) is 4.90. The lowest BCUT2D eigenvalue weighted by atomic mass is 9.83. The van der Waals surface area contributed by atoms with Gasteiger partial charge < -0.3 is 5.73 Å². The van der Waals surface area contributed by atoms with Crippen molar-refractivity contribution >= 4 is 5.71 Å². The van der Waals surface area contributed by atoms with Crippen LogP contribution in [0.15, 0.2) is 16.3 Å². The SMILES string of the molecule is CN=C1C(=C(N)C(F)(F)F)CCCC1C. The van der Waals surface area contributed by atoms with Crippen molar-refractivity contribution in [2.45, 2.75) is 32.4 Å². The summed E-state index contributed by atoms with van der Waals surface area (Å²) in [5.41, 5.74) is 4.84. The summed E-state index contributed by atoms with van der Waals surface area (Å²) in [6, 6.07) is 0. The summed E-state index contributed by atoms with van der Waals surface area (Å²) in [5, 5.41) is 0. The molecule has 0 heterocycles. The van der Waals surface area contributed by atoms with Gasteiger partial charge in [0.1, 0.15) is 5.70 Å². The second kappa shape index (κ2) is 4.24. The van der Waals surface area contributed by atoms with E-state index in [0.717, 1.165) is 12.8 Å². The third kappa shape index (κ3) is 2.52. The lowest BCUT2D eigenvalue weighted by Crippen LogP contribution is -2.29. The van der Waals surface area contributed by atoms with Crippen LogP contribution in [0.2, 0.25) is 0 Å². The lowest BCUT2D eigenvalue weighted by molar-refractivity contribution is -0.0933. The molecular weight excluding hydrogens is 205 g/mol. The molecule has 0 aromatic rings. The second-order valence-electron chi connectivity index (χ2n) is 3.79. The molecule has 15 heavy (non-hydrogen) atoms. The van der Waals surface area contributed by atoms with E-state index in [1.807, 2.05) is 6.92 Å². The van der Waals surface area contributed by atoms with Crippen molar-refractivity contribution in [1.29, 1.82) is 0 Å². The number of rotatable bonds is 0. The number of allylic oxidation sites excluding steroid dienone is 2. The molecule has 86 valence electrons. The molecular formula is C10H15F3N2. The molecule has 5 heteroatoms. The summed E-state index contributed by atoms with van der Waals surface area (Å²) >= 11 is 0. The van der Waals surface area contributed by atoms with Crippen LogP contribution in [0.3, 0.4) is 0 Å². The molecule has 1 unspecified atom stereocenters. The molecule has 1 atom stereocenters. The summed E-state index contributed by atoms with van der Waals surface area (Å²) < 4.78 is 37.3. The van der Waals surface area contributed by atoms with Gasteiger partial charge >= 0.3 is 6.18 Å². The van der Waals surface area contributed by atoms with Crippen LogP contribution in [0.5, 0.6) is 0 Å². The van der Waals surface area contributed by atoms with E-state index in [1.165, 1.54) is 7.05 Å². The van der Waals surface area contributed by atoms with E-state index in [-0.39, 0.29) is 11.5 Å². The Kier molecular flexibility index (Phi) is 3.42. The molecule has 2 nitrogen and oxygen atoms in total. The second-order valence-corrected chi connectivity index (χ2v) is 3.79. The molecule has 0 amide bonds. The van der Waals surface area contributed by atoms with Gasteiger partial charge in [-0.1, -0.05) is 6.92 Å². The maximum atomic E-state index is 12.4. The minimum Gasteiger partial charge on any atom is -0.394 e. The predicted octanol–water partition coefficient (Wildman–Crippen LogP) is 2.65. The Labute approximate surface area is 87.1 Å². The normalized spacial score (nSPS) is 29.4. The predicted molar refractivity (Wildman–Crippen MR) is 53.6 cm³/mol. The van der Waals surface area contributed by atoms with Crippen LogP contribution < -0.4 is 5.73 Å². The molecule has 1 rings (SSSR count). The van der Waals surface area contributed by atoms with Gasteiger partial charge in [-0.3, -0.25) is 4.99 Å². The number of hydrogen-bond donors (Lipinski definition) is 1. The molecule has 0 saturated heterocycles. The van der Waals surface area contributed by atoms with E-state index in [9.17, 15) is 13.2 Å².